The lowest BCUT2D eigenvalue weighted by Crippen LogP contribution is -2.36. The van der Waals surface area contributed by atoms with Gasteiger partial charge in [0.15, 0.2) is 0 Å². The fourth-order valence-electron chi connectivity index (χ4n) is 1.38. The van der Waals surface area contributed by atoms with E-state index in [1.54, 1.807) is 0 Å². The summed E-state index contributed by atoms with van der Waals surface area (Å²) in [6.45, 7) is 11.7. The minimum atomic E-state index is -1.22. The first kappa shape index (κ1) is 9.99. The SMILES string of the molecule is C#C[Si](C)(C)C[Si](C)(C)C. The quantitative estimate of drug-likeness (QED) is 0.442. The predicted molar refractivity (Wildman–Crippen MR) is 54.5 cm³/mol. The molecule has 2 heteroatoms. The molecule has 0 unspecified atom stereocenters. The second kappa shape index (κ2) is 2.93. The summed E-state index contributed by atoms with van der Waals surface area (Å²) in [5, 5.41) is 0. The van der Waals surface area contributed by atoms with Crippen molar-refractivity contribution in [1.29, 1.82) is 0 Å². The maximum Gasteiger partial charge on any atom is 0.129 e. The van der Waals surface area contributed by atoms with Gasteiger partial charge in [0.1, 0.15) is 8.07 Å². The van der Waals surface area contributed by atoms with Gasteiger partial charge < -0.3 is 0 Å². The first-order chi connectivity index (χ1) is 4.27. The van der Waals surface area contributed by atoms with Gasteiger partial charge in [-0.3, -0.25) is 0 Å². The van der Waals surface area contributed by atoms with E-state index < -0.39 is 16.1 Å². The van der Waals surface area contributed by atoms with Gasteiger partial charge in [-0.25, -0.2) is 0 Å². The topological polar surface area (TPSA) is 0 Å². The van der Waals surface area contributed by atoms with Gasteiger partial charge >= 0.3 is 0 Å². The molecule has 0 heterocycles. The highest BCUT2D eigenvalue weighted by Crippen LogP contribution is 2.17. The fraction of sp³-hybridized carbons (Fsp3) is 0.750. The van der Waals surface area contributed by atoms with Crippen LogP contribution in [0, 0.1) is 12.0 Å². The third-order valence-electron chi connectivity index (χ3n) is 1.36. The Morgan fingerprint density at radius 2 is 1.50 bits per heavy atom. The maximum absolute atomic E-state index is 5.45. The molecule has 0 nitrogen and oxygen atoms in total. The number of hydrogen-bond donors (Lipinski definition) is 0. The molecule has 0 N–H and O–H groups in total. The van der Waals surface area contributed by atoms with Gasteiger partial charge in [0, 0.05) is 8.07 Å². The molecule has 0 saturated carbocycles. The van der Waals surface area contributed by atoms with E-state index in [4.69, 9.17) is 6.42 Å². The molecule has 0 amide bonds. The third kappa shape index (κ3) is 4.83. The molecule has 0 aromatic carbocycles. The summed E-state index contributed by atoms with van der Waals surface area (Å²) in [6, 6.07) is 0. The second-order valence-corrected chi connectivity index (χ2v) is 15.4. The summed E-state index contributed by atoms with van der Waals surface area (Å²) >= 11 is 0. The largest absolute Gasteiger partial charge is 0.135 e. The Morgan fingerprint density at radius 3 is 1.60 bits per heavy atom. The minimum absolute atomic E-state index is 0.894. The molecule has 0 bridgehead atoms. The van der Waals surface area contributed by atoms with Crippen LogP contribution in [0.5, 0.6) is 0 Å². The molecule has 0 fully saturated rings. The van der Waals surface area contributed by atoms with E-state index in [2.05, 4.69) is 38.3 Å². The van der Waals surface area contributed by atoms with Crippen LogP contribution in [0.25, 0.3) is 0 Å². The molecule has 58 valence electrons. The number of rotatable bonds is 2. The van der Waals surface area contributed by atoms with Crippen LogP contribution >= 0.6 is 0 Å². The molecule has 0 aliphatic carbocycles. The number of terminal acetylenes is 1. The predicted octanol–water partition coefficient (Wildman–Crippen LogP) is 2.74. The van der Waals surface area contributed by atoms with Crippen molar-refractivity contribution in [2.45, 2.75) is 38.4 Å². The van der Waals surface area contributed by atoms with Crippen molar-refractivity contribution in [3.8, 4) is 12.0 Å². The lowest BCUT2D eigenvalue weighted by molar-refractivity contribution is 1.56. The molecule has 10 heavy (non-hydrogen) atoms. The highest BCUT2D eigenvalue weighted by molar-refractivity contribution is 6.98. The third-order valence-corrected chi connectivity index (χ3v) is 9.92. The molecule has 0 aromatic heterocycles. The molecule has 0 radical (unpaired) electrons. The minimum Gasteiger partial charge on any atom is -0.135 e. The van der Waals surface area contributed by atoms with Crippen LogP contribution in [-0.4, -0.2) is 16.1 Å². The standard InChI is InChI=1S/C8H18Si2/c1-7-10(5,6)8-9(2,3)4/h1H,8H2,2-6H3. The van der Waals surface area contributed by atoms with Crippen molar-refractivity contribution < 1.29 is 0 Å². The lowest BCUT2D eigenvalue weighted by Gasteiger charge is -2.24. The Balaban J connectivity index is 4.05. The fourth-order valence-corrected chi connectivity index (χ4v) is 12.4. The van der Waals surface area contributed by atoms with Gasteiger partial charge in [-0.15, -0.1) is 12.0 Å². The normalized spacial score (nSPS) is 12.8. The van der Waals surface area contributed by atoms with E-state index in [1.807, 2.05) is 0 Å². The lowest BCUT2D eigenvalue weighted by atomic mass is 11.4. The first-order valence-electron chi connectivity index (χ1n) is 3.75. The van der Waals surface area contributed by atoms with Crippen LogP contribution in [-0.2, 0) is 0 Å². The van der Waals surface area contributed by atoms with E-state index in [0.29, 0.717) is 0 Å². The average molecular weight is 170 g/mol. The monoisotopic (exact) mass is 170 g/mol. The Morgan fingerprint density at radius 1 is 1.10 bits per heavy atom. The van der Waals surface area contributed by atoms with Gasteiger partial charge in [0.2, 0.25) is 0 Å². The van der Waals surface area contributed by atoms with Crippen molar-refractivity contribution in [2.24, 2.45) is 0 Å². The summed E-state index contributed by atoms with van der Waals surface area (Å²) in [5.41, 5.74) is 4.33. The zero-order valence-electron chi connectivity index (χ0n) is 7.78. The maximum atomic E-state index is 5.45. The highest BCUT2D eigenvalue weighted by Gasteiger charge is 2.26. The van der Waals surface area contributed by atoms with Gasteiger partial charge in [0.25, 0.3) is 0 Å². The van der Waals surface area contributed by atoms with E-state index in [9.17, 15) is 0 Å². The first-order valence-corrected chi connectivity index (χ1v) is 10.7. The average Bonchev–Trinajstić information content (AvgIpc) is 1.60. The summed E-state index contributed by atoms with van der Waals surface area (Å²) < 4.78 is 0. The molecular formula is C8H18Si2. The van der Waals surface area contributed by atoms with Gasteiger partial charge in [-0.05, 0) is 0 Å². The van der Waals surface area contributed by atoms with E-state index in [-0.39, 0.29) is 0 Å². The van der Waals surface area contributed by atoms with Crippen LogP contribution in [0.3, 0.4) is 0 Å². The summed E-state index contributed by atoms with van der Waals surface area (Å²) in [5.74, 6) is 0. The zero-order chi connectivity index (χ0) is 8.41. The highest BCUT2D eigenvalue weighted by atomic mass is 28.4. The Kier molecular flexibility index (Phi) is 2.93. The van der Waals surface area contributed by atoms with Crippen molar-refractivity contribution >= 4 is 16.1 Å². The van der Waals surface area contributed by atoms with Gasteiger partial charge in [0.05, 0.1) is 0 Å². The van der Waals surface area contributed by atoms with Crippen LogP contribution in [0.1, 0.15) is 0 Å². The Labute approximate surface area is 67.1 Å². The Hall–Kier alpha value is -0.00623. The van der Waals surface area contributed by atoms with E-state index in [0.717, 1.165) is 0 Å². The van der Waals surface area contributed by atoms with Gasteiger partial charge in [-0.2, -0.15) is 0 Å². The van der Waals surface area contributed by atoms with E-state index >= 15 is 0 Å². The smallest absolute Gasteiger partial charge is 0.129 e. The second-order valence-electron chi connectivity index (χ2n) is 4.77. The number of hydrogen-bond acceptors (Lipinski definition) is 0. The zero-order valence-corrected chi connectivity index (χ0v) is 9.78. The molecule has 0 spiro atoms. The molecule has 0 rings (SSSR count). The Bertz CT molecular complexity index is 146. The van der Waals surface area contributed by atoms with Crippen molar-refractivity contribution in [3.05, 3.63) is 0 Å². The summed E-state index contributed by atoms with van der Waals surface area (Å²) in [7, 11) is -2.12. The molecular weight excluding hydrogens is 152 g/mol. The van der Waals surface area contributed by atoms with E-state index in [1.165, 1.54) is 5.67 Å². The van der Waals surface area contributed by atoms with Gasteiger partial charge in [-0.1, -0.05) is 38.4 Å². The van der Waals surface area contributed by atoms with Crippen molar-refractivity contribution in [3.63, 3.8) is 0 Å². The van der Waals surface area contributed by atoms with Crippen LogP contribution in [0.15, 0.2) is 0 Å². The molecule has 0 saturated heterocycles. The van der Waals surface area contributed by atoms with Crippen LogP contribution < -0.4 is 0 Å². The van der Waals surface area contributed by atoms with Crippen molar-refractivity contribution in [1.82, 2.24) is 0 Å². The van der Waals surface area contributed by atoms with Crippen molar-refractivity contribution in [2.75, 3.05) is 0 Å². The molecule has 0 aliphatic heterocycles. The van der Waals surface area contributed by atoms with Crippen LogP contribution in [0.2, 0.25) is 38.4 Å². The summed E-state index contributed by atoms with van der Waals surface area (Å²) in [4.78, 5) is 0. The molecule has 0 aromatic rings. The summed E-state index contributed by atoms with van der Waals surface area (Å²) in [6.07, 6.45) is 5.45. The molecule has 0 aliphatic rings. The molecule has 0 atom stereocenters. The van der Waals surface area contributed by atoms with Crippen LogP contribution in [0.4, 0.5) is 0 Å².